The van der Waals surface area contributed by atoms with Crippen molar-refractivity contribution in [1.82, 2.24) is 19.7 Å². The number of hydrogen-bond donors (Lipinski definition) is 1. The molecule has 10 heteroatoms. The Morgan fingerprint density at radius 2 is 1.61 bits per heavy atom. The van der Waals surface area contributed by atoms with Crippen LogP contribution < -0.4 is 10.6 Å². The molecule has 33 heavy (non-hydrogen) atoms. The summed E-state index contributed by atoms with van der Waals surface area (Å²) in [6, 6.07) is 6.94. The zero-order chi connectivity index (χ0) is 24.2. The number of benzene rings is 1. The lowest BCUT2D eigenvalue weighted by atomic mass is 10.2. The van der Waals surface area contributed by atoms with Crippen LogP contribution in [0.15, 0.2) is 30.5 Å². The number of alkyl halides is 3. The summed E-state index contributed by atoms with van der Waals surface area (Å²) in [4.78, 5) is 11.2. The van der Waals surface area contributed by atoms with Crippen molar-refractivity contribution in [2.75, 3.05) is 23.7 Å². The van der Waals surface area contributed by atoms with Gasteiger partial charge in [-0.1, -0.05) is 27.7 Å². The highest BCUT2D eigenvalue weighted by molar-refractivity contribution is 5.89. The van der Waals surface area contributed by atoms with E-state index in [0.717, 1.165) is 17.5 Å². The molecule has 0 spiro atoms. The molecule has 4 heterocycles. The van der Waals surface area contributed by atoms with E-state index in [2.05, 4.69) is 15.0 Å². The summed E-state index contributed by atoms with van der Waals surface area (Å²) in [5, 5.41) is 4.46. The van der Waals surface area contributed by atoms with Crippen molar-refractivity contribution in [2.24, 2.45) is 0 Å². The van der Waals surface area contributed by atoms with Gasteiger partial charge in [-0.3, -0.25) is 0 Å². The zero-order valence-electron chi connectivity index (χ0n) is 19.4. The van der Waals surface area contributed by atoms with Crippen molar-refractivity contribution in [3.63, 3.8) is 0 Å². The molecule has 2 fully saturated rings. The number of rotatable bonds is 3. The fourth-order valence-corrected chi connectivity index (χ4v) is 4.02. The summed E-state index contributed by atoms with van der Waals surface area (Å²) in [5.41, 5.74) is 7.18. The van der Waals surface area contributed by atoms with Crippen LogP contribution in [0.25, 0.3) is 22.4 Å². The highest BCUT2D eigenvalue weighted by Gasteiger charge is 2.36. The van der Waals surface area contributed by atoms with E-state index >= 15 is 0 Å². The third-order valence-electron chi connectivity index (χ3n) is 5.32. The Morgan fingerprint density at radius 3 is 2.18 bits per heavy atom. The number of nitrogens with zero attached hydrogens (tertiary/aromatic N) is 5. The number of anilines is 2. The maximum absolute atomic E-state index is 13.0. The normalized spacial score (nSPS) is 19.5. The summed E-state index contributed by atoms with van der Waals surface area (Å²) in [5.74, 6) is 0.936. The molecule has 2 bridgehead atoms. The highest BCUT2D eigenvalue weighted by atomic mass is 19.4. The zero-order valence-corrected chi connectivity index (χ0v) is 19.4. The van der Waals surface area contributed by atoms with Crippen LogP contribution in [0, 0.1) is 0 Å². The SMILES string of the molecule is CC.CC.Nc1ccc(-c2nc(N3CC4CCC(C3)O4)c3cnn(CC(F)(F)F)c3n2)cc1. The first-order valence-electron chi connectivity index (χ1n) is 11.4. The minimum Gasteiger partial charge on any atom is -0.399 e. The lowest BCUT2D eigenvalue weighted by Crippen LogP contribution is -2.43. The maximum atomic E-state index is 13.0. The summed E-state index contributed by atoms with van der Waals surface area (Å²) >= 11 is 0. The van der Waals surface area contributed by atoms with Gasteiger partial charge in [0.25, 0.3) is 0 Å². The summed E-state index contributed by atoms with van der Waals surface area (Å²) in [6.45, 7) is 8.09. The Balaban J connectivity index is 0.000000728. The molecule has 0 aliphatic carbocycles. The predicted molar refractivity (Wildman–Crippen MR) is 124 cm³/mol. The Kier molecular flexibility index (Phi) is 7.78. The Morgan fingerprint density at radius 1 is 1.00 bits per heavy atom. The molecule has 0 amide bonds. The first kappa shape index (κ1) is 24.8. The van der Waals surface area contributed by atoms with Crippen LogP contribution in [0.3, 0.4) is 0 Å². The molecule has 0 saturated carbocycles. The molecular formula is C23H31F3N6O. The van der Waals surface area contributed by atoms with Gasteiger partial charge in [-0.15, -0.1) is 0 Å². The number of morpholine rings is 1. The predicted octanol–water partition coefficient (Wildman–Crippen LogP) is 5.06. The van der Waals surface area contributed by atoms with Crippen LogP contribution in [0.4, 0.5) is 24.7 Å². The smallest absolute Gasteiger partial charge is 0.399 e. The van der Waals surface area contributed by atoms with Gasteiger partial charge in [-0.05, 0) is 37.1 Å². The van der Waals surface area contributed by atoms with Gasteiger partial charge >= 0.3 is 6.18 Å². The third-order valence-corrected chi connectivity index (χ3v) is 5.32. The van der Waals surface area contributed by atoms with Crippen molar-refractivity contribution in [2.45, 2.75) is 65.5 Å². The molecule has 0 radical (unpaired) electrons. The molecule has 2 N–H and O–H groups in total. The Hall–Kier alpha value is -2.88. The van der Waals surface area contributed by atoms with E-state index in [4.69, 9.17) is 15.5 Å². The molecule has 180 valence electrons. The molecule has 2 saturated heterocycles. The fourth-order valence-electron chi connectivity index (χ4n) is 4.02. The first-order chi connectivity index (χ1) is 15.9. The third kappa shape index (κ3) is 5.55. The van der Waals surface area contributed by atoms with Crippen LogP contribution in [-0.4, -0.2) is 51.2 Å². The van der Waals surface area contributed by atoms with E-state index in [1.54, 1.807) is 24.3 Å². The molecule has 2 aromatic heterocycles. The Labute approximate surface area is 191 Å². The van der Waals surface area contributed by atoms with Crippen molar-refractivity contribution < 1.29 is 17.9 Å². The molecule has 2 aliphatic heterocycles. The Bertz CT molecular complexity index is 1040. The van der Waals surface area contributed by atoms with Gasteiger partial charge in [0, 0.05) is 24.3 Å². The standard InChI is InChI=1S/C19H19F3N6O.2C2H6/c20-19(21,22)10-28-18-15(7-24-28)17(27-8-13-5-6-14(9-27)29-13)25-16(26-18)11-1-3-12(23)4-2-11;2*1-2/h1-4,7,13-14H,5-6,8-10,23H2;2*1-2H3. The van der Waals surface area contributed by atoms with Gasteiger partial charge in [0.2, 0.25) is 0 Å². The molecule has 2 unspecified atom stereocenters. The van der Waals surface area contributed by atoms with E-state index in [1.165, 1.54) is 6.20 Å². The van der Waals surface area contributed by atoms with Crippen molar-refractivity contribution in [3.05, 3.63) is 30.5 Å². The average Bonchev–Trinajstić information content (AvgIpc) is 3.37. The van der Waals surface area contributed by atoms with E-state index in [0.29, 0.717) is 41.4 Å². The van der Waals surface area contributed by atoms with Crippen LogP contribution in [0.5, 0.6) is 0 Å². The average molecular weight is 465 g/mol. The van der Waals surface area contributed by atoms with Gasteiger partial charge in [0.15, 0.2) is 11.5 Å². The number of hydrogen-bond acceptors (Lipinski definition) is 6. The minimum absolute atomic E-state index is 0.115. The number of ether oxygens (including phenoxy) is 1. The van der Waals surface area contributed by atoms with E-state index < -0.39 is 12.7 Å². The molecular weight excluding hydrogens is 433 g/mol. The monoisotopic (exact) mass is 464 g/mol. The second kappa shape index (κ2) is 10.4. The highest BCUT2D eigenvalue weighted by Crippen LogP contribution is 2.34. The number of halogens is 3. The molecule has 1 aromatic carbocycles. The topological polar surface area (TPSA) is 82.1 Å². The molecule has 5 rings (SSSR count). The van der Waals surface area contributed by atoms with Crippen molar-refractivity contribution >= 4 is 22.5 Å². The fraction of sp³-hybridized carbons (Fsp3) is 0.522. The van der Waals surface area contributed by atoms with Gasteiger partial charge in [-0.25, -0.2) is 14.6 Å². The van der Waals surface area contributed by atoms with Crippen LogP contribution in [-0.2, 0) is 11.3 Å². The van der Waals surface area contributed by atoms with Gasteiger partial charge in [-0.2, -0.15) is 18.3 Å². The summed E-state index contributed by atoms with van der Waals surface area (Å²) in [7, 11) is 0. The van der Waals surface area contributed by atoms with E-state index in [-0.39, 0.29) is 17.9 Å². The second-order valence-corrected chi connectivity index (χ2v) is 7.51. The first-order valence-corrected chi connectivity index (χ1v) is 11.4. The summed E-state index contributed by atoms with van der Waals surface area (Å²) < 4.78 is 45.9. The number of nitrogen functional groups attached to an aromatic ring is 1. The van der Waals surface area contributed by atoms with E-state index in [1.807, 2.05) is 27.7 Å². The van der Waals surface area contributed by atoms with Crippen LogP contribution in [0.1, 0.15) is 40.5 Å². The summed E-state index contributed by atoms with van der Waals surface area (Å²) in [6.07, 6.45) is -0.793. The molecule has 3 aromatic rings. The number of fused-ring (bicyclic) bond motifs is 3. The molecule has 2 atom stereocenters. The van der Waals surface area contributed by atoms with Crippen molar-refractivity contribution in [1.29, 1.82) is 0 Å². The lowest BCUT2D eigenvalue weighted by Gasteiger charge is -2.33. The number of aromatic nitrogens is 4. The maximum Gasteiger partial charge on any atom is 0.408 e. The van der Waals surface area contributed by atoms with Gasteiger partial charge in [0.1, 0.15) is 12.4 Å². The van der Waals surface area contributed by atoms with E-state index in [9.17, 15) is 13.2 Å². The van der Waals surface area contributed by atoms with Gasteiger partial charge < -0.3 is 15.4 Å². The molecule has 2 aliphatic rings. The quantitative estimate of drug-likeness (QED) is 0.546. The van der Waals surface area contributed by atoms with Gasteiger partial charge in [0.05, 0.1) is 23.8 Å². The second-order valence-electron chi connectivity index (χ2n) is 7.51. The van der Waals surface area contributed by atoms with Crippen molar-refractivity contribution in [3.8, 4) is 11.4 Å². The van der Waals surface area contributed by atoms with Crippen LogP contribution in [0.2, 0.25) is 0 Å². The molecule has 7 nitrogen and oxygen atoms in total. The lowest BCUT2D eigenvalue weighted by molar-refractivity contribution is -0.141. The van der Waals surface area contributed by atoms with Crippen LogP contribution >= 0.6 is 0 Å². The largest absolute Gasteiger partial charge is 0.408 e. The number of nitrogens with two attached hydrogens (primary N) is 1. The minimum atomic E-state index is -4.40.